The number of carbonyl (C=O) groups is 1. The number of amides is 1. The van der Waals surface area contributed by atoms with Crippen LogP contribution in [0.15, 0.2) is 41.6 Å². The molecule has 2 aromatic rings. The average molecular weight is 513 g/mol. The molecule has 1 amide bonds. The SMILES string of the molecule is Cc1cc(C2=NOC(c3cc(Cl)cc(C(F)(F)F)c3)(C(F)(F)F)C2)ccc1C(=O)NCCCl. The van der Waals surface area contributed by atoms with Gasteiger partial charge in [-0.05, 0) is 48.4 Å². The lowest BCUT2D eigenvalue weighted by Gasteiger charge is -2.30. The van der Waals surface area contributed by atoms with Gasteiger partial charge in [-0.25, -0.2) is 0 Å². The number of carbonyl (C=O) groups excluding carboxylic acids is 1. The van der Waals surface area contributed by atoms with Gasteiger partial charge in [-0.3, -0.25) is 4.79 Å². The minimum atomic E-state index is -5.11. The van der Waals surface area contributed by atoms with Crippen molar-refractivity contribution < 1.29 is 36.0 Å². The summed E-state index contributed by atoms with van der Waals surface area (Å²) in [4.78, 5) is 16.9. The second kappa shape index (κ2) is 9.06. The van der Waals surface area contributed by atoms with Gasteiger partial charge in [0, 0.05) is 35.0 Å². The highest BCUT2D eigenvalue weighted by Gasteiger charge is 2.62. The number of oxime groups is 1. The number of hydrogen-bond donors (Lipinski definition) is 1. The summed E-state index contributed by atoms with van der Waals surface area (Å²) in [5.41, 5.74) is -4.49. The van der Waals surface area contributed by atoms with Gasteiger partial charge in [0.1, 0.15) is 0 Å². The lowest BCUT2D eigenvalue weighted by molar-refractivity contribution is -0.276. The minimum absolute atomic E-state index is 0.142. The van der Waals surface area contributed by atoms with Crippen molar-refractivity contribution in [2.75, 3.05) is 12.4 Å². The van der Waals surface area contributed by atoms with Crippen molar-refractivity contribution in [2.24, 2.45) is 5.16 Å². The Hall–Kier alpha value is -2.46. The summed E-state index contributed by atoms with van der Waals surface area (Å²) in [6.45, 7) is 1.81. The summed E-state index contributed by atoms with van der Waals surface area (Å²) in [5.74, 6) is -0.205. The van der Waals surface area contributed by atoms with Crippen LogP contribution < -0.4 is 5.32 Å². The monoisotopic (exact) mass is 512 g/mol. The third kappa shape index (κ3) is 5.06. The highest BCUT2D eigenvalue weighted by Crippen LogP contribution is 2.50. The Morgan fingerprint density at radius 3 is 2.42 bits per heavy atom. The molecule has 2 aromatic carbocycles. The molecule has 1 heterocycles. The number of benzene rings is 2. The van der Waals surface area contributed by atoms with E-state index < -0.39 is 46.4 Å². The van der Waals surface area contributed by atoms with E-state index in [0.717, 1.165) is 6.07 Å². The highest BCUT2D eigenvalue weighted by molar-refractivity contribution is 6.30. The van der Waals surface area contributed by atoms with Gasteiger partial charge in [-0.2, -0.15) is 26.3 Å². The Kier molecular flexibility index (Phi) is 6.91. The van der Waals surface area contributed by atoms with Crippen molar-refractivity contribution in [3.63, 3.8) is 0 Å². The summed E-state index contributed by atoms with van der Waals surface area (Å²) in [7, 11) is 0. The second-order valence-electron chi connectivity index (χ2n) is 7.33. The zero-order chi connectivity index (χ0) is 24.6. The van der Waals surface area contributed by atoms with Crippen molar-refractivity contribution in [3.8, 4) is 0 Å². The molecular weight excluding hydrogens is 497 g/mol. The molecule has 0 aliphatic carbocycles. The predicted molar refractivity (Wildman–Crippen MR) is 111 cm³/mol. The maximum atomic E-state index is 14.1. The van der Waals surface area contributed by atoms with Gasteiger partial charge < -0.3 is 10.2 Å². The Balaban J connectivity index is 1.98. The quantitative estimate of drug-likeness (QED) is 0.382. The van der Waals surface area contributed by atoms with E-state index in [4.69, 9.17) is 28.0 Å². The number of nitrogens with one attached hydrogen (secondary N) is 1. The number of halogens is 8. The molecule has 3 rings (SSSR count). The standard InChI is InChI=1S/C21H16Cl2F6N2O2/c1-11-6-12(2-3-16(11)18(32)30-5-4-22)17-10-19(33-31-17,21(27,28)29)13-7-14(20(24,25)26)9-15(23)8-13/h2-3,6-9H,4-5,10H2,1H3,(H,30,32). The van der Waals surface area contributed by atoms with E-state index in [0.29, 0.717) is 17.7 Å². The van der Waals surface area contributed by atoms with Gasteiger partial charge in [-0.1, -0.05) is 22.8 Å². The molecule has 0 bridgehead atoms. The third-order valence-electron chi connectivity index (χ3n) is 5.06. The smallest absolute Gasteiger partial charge is 0.374 e. The molecule has 1 aliphatic rings. The zero-order valence-corrected chi connectivity index (χ0v) is 18.4. The summed E-state index contributed by atoms with van der Waals surface area (Å²) < 4.78 is 81.9. The highest BCUT2D eigenvalue weighted by atomic mass is 35.5. The molecule has 1 aliphatic heterocycles. The fraction of sp³-hybridized carbons (Fsp3) is 0.333. The third-order valence-corrected chi connectivity index (χ3v) is 5.47. The first kappa shape index (κ1) is 25.2. The molecule has 1 atom stereocenters. The number of nitrogens with zero attached hydrogens (tertiary/aromatic N) is 1. The molecule has 0 saturated heterocycles. The summed E-state index contributed by atoms with van der Waals surface area (Å²) >= 11 is 11.2. The van der Waals surface area contributed by atoms with E-state index in [1.165, 1.54) is 18.2 Å². The van der Waals surface area contributed by atoms with Gasteiger partial charge in [0.2, 0.25) is 0 Å². The minimum Gasteiger partial charge on any atom is -0.374 e. The van der Waals surface area contributed by atoms with Crippen molar-refractivity contribution >= 4 is 34.8 Å². The lowest BCUT2D eigenvalue weighted by Crippen LogP contribution is -2.43. The number of aryl methyl sites for hydroxylation is 1. The lowest BCUT2D eigenvalue weighted by atomic mass is 9.85. The van der Waals surface area contributed by atoms with Crippen LogP contribution in [-0.4, -0.2) is 30.2 Å². The van der Waals surface area contributed by atoms with E-state index in [9.17, 15) is 31.1 Å². The molecule has 0 aromatic heterocycles. The van der Waals surface area contributed by atoms with Crippen LogP contribution in [-0.2, 0) is 16.6 Å². The maximum Gasteiger partial charge on any atom is 0.435 e. The predicted octanol–water partition coefficient (Wildman–Crippen LogP) is 6.22. The summed E-state index contributed by atoms with van der Waals surface area (Å²) in [6, 6.07) is 5.90. The molecule has 1 N–H and O–H groups in total. The number of hydrogen-bond acceptors (Lipinski definition) is 3. The Bertz CT molecular complexity index is 1100. The van der Waals surface area contributed by atoms with E-state index in [-0.39, 0.29) is 29.3 Å². The normalized spacial score (nSPS) is 18.6. The molecule has 178 valence electrons. The van der Waals surface area contributed by atoms with Crippen LogP contribution in [0.5, 0.6) is 0 Å². The second-order valence-corrected chi connectivity index (χ2v) is 8.15. The summed E-state index contributed by atoms with van der Waals surface area (Å²) in [6.07, 6.45) is -10.9. The van der Waals surface area contributed by atoms with Crippen molar-refractivity contribution in [1.29, 1.82) is 0 Å². The van der Waals surface area contributed by atoms with Crippen LogP contribution in [0.2, 0.25) is 5.02 Å². The molecule has 0 spiro atoms. The first-order valence-electron chi connectivity index (χ1n) is 9.44. The Morgan fingerprint density at radius 1 is 1.15 bits per heavy atom. The van der Waals surface area contributed by atoms with Crippen LogP contribution in [0, 0.1) is 6.92 Å². The van der Waals surface area contributed by atoms with Gasteiger partial charge in [-0.15, -0.1) is 11.6 Å². The first-order chi connectivity index (χ1) is 15.3. The molecular formula is C21H16Cl2F6N2O2. The van der Waals surface area contributed by atoms with E-state index in [1.807, 2.05) is 0 Å². The number of rotatable bonds is 5. The van der Waals surface area contributed by atoms with Crippen LogP contribution >= 0.6 is 23.2 Å². The molecule has 4 nitrogen and oxygen atoms in total. The van der Waals surface area contributed by atoms with E-state index in [2.05, 4.69) is 10.5 Å². The van der Waals surface area contributed by atoms with Crippen LogP contribution in [0.3, 0.4) is 0 Å². The van der Waals surface area contributed by atoms with Gasteiger partial charge >= 0.3 is 12.4 Å². The fourth-order valence-electron chi connectivity index (χ4n) is 3.40. The van der Waals surface area contributed by atoms with Gasteiger partial charge in [0.05, 0.1) is 11.3 Å². The zero-order valence-electron chi connectivity index (χ0n) is 16.9. The molecule has 12 heteroatoms. The molecule has 33 heavy (non-hydrogen) atoms. The summed E-state index contributed by atoms with van der Waals surface area (Å²) in [5, 5.41) is 5.60. The maximum absolute atomic E-state index is 14.1. The average Bonchev–Trinajstić information content (AvgIpc) is 3.18. The van der Waals surface area contributed by atoms with Crippen LogP contribution in [0.25, 0.3) is 0 Å². The number of alkyl halides is 7. The van der Waals surface area contributed by atoms with Crippen molar-refractivity contribution in [2.45, 2.75) is 31.3 Å². The fourth-order valence-corrected chi connectivity index (χ4v) is 3.73. The van der Waals surface area contributed by atoms with Gasteiger partial charge in [0.25, 0.3) is 11.5 Å². The molecule has 0 saturated carbocycles. The van der Waals surface area contributed by atoms with E-state index in [1.54, 1.807) is 6.92 Å². The van der Waals surface area contributed by atoms with Crippen LogP contribution in [0.1, 0.15) is 39.0 Å². The Labute approximate surface area is 194 Å². The van der Waals surface area contributed by atoms with E-state index >= 15 is 0 Å². The van der Waals surface area contributed by atoms with Gasteiger partial charge in [0.15, 0.2) is 0 Å². The Morgan fingerprint density at radius 2 is 1.85 bits per heavy atom. The van der Waals surface area contributed by atoms with Crippen LogP contribution in [0.4, 0.5) is 26.3 Å². The van der Waals surface area contributed by atoms with Crippen molar-refractivity contribution in [3.05, 3.63) is 69.2 Å². The first-order valence-corrected chi connectivity index (χ1v) is 10.3. The topological polar surface area (TPSA) is 50.7 Å². The van der Waals surface area contributed by atoms with Crippen molar-refractivity contribution in [1.82, 2.24) is 5.32 Å². The molecule has 1 unspecified atom stereocenters. The largest absolute Gasteiger partial charge is 0.435 e. The molecule has 0 radical (unpaired) electrons. The molecule has 0 fully saturated rings.